The Morgan fingerprint density at radius 3 is 2.82 bits per heavy atom. The number of hydrogen-bond donors (Lipinski definition) is 1. The monoisotopic (exact) mass is 400 g/mol. The number of pyridine rings is 1. The van der Waals surface area contributed by atoms with Crippen LogP contribution in [0.5, 0.6) is 0 Å². The van der Waals surface area contributed by atoms with Gasteiger partial charge in [0.1, 0.15) is 11.5 Å². The summed E-state index contributed by atoms with van der Waals surface area (Å²) in [5, 5.41) is 1.02. The molecule has 4 heterocycles. The van der Waals surface area contributed by atoms with E-state index in [0.717, 1.165) is 54.3 Å². The van der Waals surface area contributed by atoms with Gasteiger partial charge in [0.25, 0.3) is 0 Å². The van der Waals surface area contributed by atoms with Gasteiger partial charge in [-0.05, 0) is 62.3 Å². The van der Waals surface area contributed by atoms with E-state index >= 15 is 0 Å². The number of nitrogens with zero attached hydrogens (tertiary/aromatic N) is 3. The van der Waals surface area contributed by atoms with Crippen LogP contribution in [0.2, 0.25) is 0 Å². The van der Waals surface area contributed by atoms with E-state index < -0.39 is 10.0 Å². The molecule has 2 aromatic heterocycles. The van der Waals surface area contributed by atoms with Gasteiger partial charge in [0.15, 0.2) is 0 Å². The van der Waals surface area contributed by atoms with Crippen molar-refractivity contribution in [2.24, 2.45) is 0 Å². The molecule has 148 valence electrons. The molecule has 3 aliphatic rings. The minimum Gasteiger partial charge on any atom is -0.346 e. The Morgan fingerprint density at radius 2 is 2.14 bits per heavy atom. The van der Waals surface area contributed by atoms with E-state index in [4.69, 9.17) is 0 Å². The summed E-state index contributed by atoms with van der Waals surface area (Å²) >= 11 is 0. The number of aromatic amines is 1. The van der Waals surface area contributed by atoms with Gasteiger partial charge in [-0.1, -0.05) is 6.08 Å². The predicted molar refractivity (Wildman–Crippen MR) is 108 cm³/mol. The van der Waals surface area contributed by atoms with Crippen LogP contribution in [-0.2, 0) is 14.8 Å². The summed E-state index contributed by atoms with van der Waals surface area (Å²) in [6.07, 6.45) is 9.32. The zero-order chi connectivity index (χ0) is 19.5. The minimum atomic E-state index is -3.21. The molecule has 28 heavy (non-hydrogen) atoms. The van der Waals surface area contributed by atoms with Crippen molar-refractivity contribution in [3.63, 3.8) is 0 Å². The van der Waals surface area contributed by atoms with Crippen molar-refractivity contribution in [3.8, 4) is 0 Å². The van der Waals surface area contributed by atoms with E-state index in [2.05, 4.69) is 16.0 Å². The zero-order valence-corrected chi connectivity index (χ0v) is 16.7. The van der Waals surface area contributed by atoms with Crippen LogP contribution >= 0.6 is 0 Å². The maximum absolute atomic E-state index is 12.5. The lowest BCUT2D eigenvalue weighted by molar-refractivity contribution is -0.107. The van der Waals surface area contributed by atoms with Crippen molar-refractivity contribution in [2.75, 3.05) is 10.7 Å². The maximum Gasteiger partial charge on any atom is 0.215 e. The fourth-order valence-electron chi connectivity index (χ4n) is 4.68. The topological polar surface area (TPSA) is 86.4 Å². The van der Waals surface area contributed by atoms with Gasteiger partial charge in [0, 0.05) is 29.7 Å². The molecule has 0 radical (unpaired) electrons. The van der Waals surface area contributed by atoms with Crippen LogP contribution in [0.25, 0.3) is 16.6 Å². The van der Waals surface area contributed by atoms with Gasteiger partial charge < -0.3 is 4.98 Å². The molecule has 2 fully saturated rings. The third-order valence-corrected chi connectivity index (χ3v) is 8.14. The highest BCUT2D eigenvalue weighted by molar-refractivity contribution is 7.89. The lowest BCUT2D eigenvalue weighted by atomic mass is 9.94. The van der Waals surface area contributed by atoms with Crippen molar-refractivity contribution in [1.29, 1.82) is 0 Å². The van der Waals surface area contributed by atoms with Crippen LogP contribution in [0, 0.1) is 0 Å². The molecule has 1 amide bonds. The standard InChI is InChI=1S/C20H24N4O3S/c1-2-28(26,27)24-15-5-6-16(24)10-13(9-15)18-11-19(23(12-25)14-3-4-14)22-20-17(18)7-8-21-20/h7-9,11-12,14-16H,2-6,10H2,1H3,(H,21,22). The molecule has 7 nitrogen and oxygen atoms in total. The zero-order valence-electron chi connectivity index (χ0n) is 15.8. The van der Waals surface area contributed by atoms with Gasteiger partial charge in [-0.3, -0.25) is 9.69 Å². The molecule has 8 heteroatoms. The third-order valence-electron chi connectivity index (χ3n) is 6.20. The number of fused-ring (bicyclic) bond motifs is 3. The van der Waals surface area contributed by atoms with Gasteiger partial charge in [0.2, 0.25) is 16.4 Å². The maximum atomic E-state index is 12.5. The van der Waals surface area contributed by atoms with E-state index in [0.29, 0.717) is 12.2 Å². The second kappa shape index (κ2) is 6.42. The molecule has 2 unspecified atom stereocenters. The second-order valence-corrected chi connectivity index (χ2v) is 10.1. The molecule has 2 atom stereocenters. The molecule has 5 rings (SSSR count). The second-order valence-electron chi connectivity index (χ2n) is 7.94. The predicted octanol–water partition coefficient (Wildman–Crippen LogP) is 2.66. The summed E-state index contributed by atoms with van der Waals surface area (Å²) in [5.41, 5.74) is 2.97. The van der Waals surface area contributed by atoms with Gasteiger partial charge in [-0.2, -0.15) is 4.31 Å². The lowest BCUT2D eigenvalue weighted by Gasteiger charge is -2.33. The molecular formula is C20H24N4O3S. The Bertz CT molecular complexity index is 1070. The van der Waals surface area contributed by atoms with Crippen molar-refractivity contribution in [2.45, 2.75) is 57.2 Å². The number of H-pyrrole nitrogens is 1. The van der Waals surface area contributed by atoms with Crippen LogP contribution in [-0.4, -0.2) is 53.0 Å². The number of rotatable bonds is 6. The number of amides is 1. The van der Waals surface area contributed by atoms with E-state index in [1.165, 1.54) is 0 Å². The van der Waals surface area contributed by atoms with Gasteiger partial charge in [0.05, 0.1) is 5.75 Å². The van der Waals surface area contributed by atoms with Crippen molar-refractivity contribution in [1.82, 2.24) is 14.3 Å². The molecule has 2 bridgehead atoms. The highest BCUT2D eigenvalue weighted by Crippen LogP contribution is 2.42. The van der Waals surface area contributed by atoms with Crippen LogP contribution in [0.15, 0.2) is 24.4 Å². The third kappa shape index (κ3) is 2.78. The number of anilines is 1. The smallest absolute Gasteiger partial charge is 0.215 e. The van der Waals surface area contributed by atoms with Gasteiger partial charge in [-0.25, -0.2) is 13.4 Å². The number of carbonyl (C=O) groups excluding carboxylic acids is 1. The SMILES string of the molecule is CCS(=O)(=O)N1C2C=C(c3cc(N(C=O)C4CC4)nc4[nH]ccc34)CC1CC2. The molecule has 0 spiro atoms. The lowest BCUT2D eigenvalue weighted by Crippen LogP contribution is -2.43. The van der Waals surface area contributed by atoms with Crippen LogP contribution in [0.4, 0.5) is 5.82 Å². The molecule has 1 aliphatic carbocycles. The number of hydrogen-bond acceptors (Lipinski definition) is 4. The first kappa shape index (κ1) is 17.9. The molecule has 0 aromatic carbocycles. The Balaban J connectivity index is 1.59. The van der Waals surface area contributed by atoms with Gasteiger partial charge in [-0.15, -0.1) is 0 Å². The number of carbonyl (C=O) groups is 1. The fraction of sp³-hybridized carbons (Fsp3) is 0.500. The molecule has 1 N–H and O–H groups in total. The Hall–Kier alpha value is -2.19. The molecule has 1 saturated carbocycles. The average Bonchev–Trinajstić information content (AvgIpc) is 3.33. The quantitative estimate of drug-likeness (QED) is 0.756. The highest BCUT2D eigenvalue weighted by Gasteiger charge is 2.43. The summed E-state index contributed by atoms with van der Waals surface area (Å²) in [7, 11) is -3.21. The van der Waals surface area contributed by atoms with Crippen LogP contribution < -0.4 is 4.90 Å². The Labute approximate surface area is 164 Å². The summed E-state index contributed by atoms with van der Waals surface area (Å²) in [6.45, 7) is 1.71. The number of aromatic nitrogens is 2. The molecule has 2 aromatic rings. The normalized spacial score (nSPS) is 25.1. The summed E-state index contributed by atoms with van der Waals surface area (Å²) < 4.78 is 26.8. The van der Waals surface area contributed by atoms with Crippen molar-refractivity contribution >= 4 is 38.9 Å². The van der Waals surface area contributed by atoms with E-state index in [1.54, 1.807) is 16.1 Å². The first-order chi connectivity index (χ1) is 13.5. The first-order valence-electron chi connectivity index (χ1n) is 9.96. The van der Waals surface area contributed by atoms with E-state index in [9.17, 15) is 13.2 Å². The number of nitrogens with one attached hydrogen (secondary N) is 1. The average molecular weight is 401 g/mol. The minimum absolute atomic E-state index is 0.0196. The molecular weight excluding hydrogens is 376 g/mol. The number of sulfonamides is 1. The summed E-state index contributed by atoms with van der Waals surface area (Å²) in [4.78, 5) is 21.2. The van der Waals surface area contributed by atoms with Gasteiger partial charge >= 0.3 is 0 Å². The van der Waals surface area contributed by atoms with Crippen LogP contribution in [0.3, 0.4) is 0 Å². The fourth-order valence-corrected chi connectivity index (χ4v) is 6.19. The summed E-state index contributed by atoms with van der Waals surface area (Å²) in [6, 6.07) is 4.19. The Kier molecular flexibility index (Phi) is 4.10. The molecule has 1 saturated heterocycles. The Morgan fingerprint density at radius 1 is 1.32 bits per heavy atom. The molecule has 2 aliphatic heterocycles. The first-order valence-corrected chi connectivity index (χ1v) is 11.6. The van der Waals surface area contributed by atoms with E-state index in [1.807, 2.05) is 18.3 Å². The van der Waals surface area contributed by atoms with Crippen molar-refractivity contribution < 1.29 is 13.2 Å². The van der Waals surface area contributed by atoms with Crippen LogP contribution in [0.1, 0.15) is 44.6 Å². The van der Waals surface area contributed by atoms with E-state index in [-0.39, 0.29) is 23.9 Å². The summed E-state index contributed by atoms with van der Waals surface area (Å²) in [5.74, 6) is 0.805. The highest BCUT2D eigenvalue weighted by atomic mass is 32.2. The largest absolute Gasteiger partial charge is 0.346 e. The van der Waals surface area contributed by atoms with Crippen molar-refractivity contribution in [3.05, 3.63) is 30.0 Å².